The molecule has 0 heterocycles. The van der Waals surface area contributed by atoms with Crippen molar-refractivity contribution in [2.45, 2.75) is 10.6 Å². The van der Waals surface area contributed by atoms with Gasteiger partial charge in [-0.05, 0) is 23.8 Å². The quantitative estimate of drug-likeness (QED) is 0.844. The number of thioether (sulfide) groups is 1. The lowest BCUT2D eigenvalue weighted by atomic mass is 10.2. The van der Waals surface area contributed by atoms with Crippen LogP contribution in [0.15, 0.2) is 53.4 Å². The minimum absolute atomic E-state index is 0.120. The van der Waals surface area contributed by atoms with Crippen LogP contribution in [-0.2, 0) is 20.4 Å². The largest absolute Gasteiger partial charge is 0.324 e. The molecule has 0 radical (unpaired) electrons. The fourth-order valence-corrected chi connectivity index (χ4v) is 3.45. The summed E-state index contributed by atoms with van der Waals surface area (Å²) in [6.07, 6.45) is 1.11. The number of nitrogens with one attached hydrogen (secondary N) is 1. The number of carbonyl (C=O) groups is 1. The van der Waals surface area contributed by atoms with Gasteiger partial charge < -0.3 is 5.32 Å². The number of hydrogen-bond acceptors (Lipinski definition) is 4. The second-order valence-corrected chi connectivity index (χ2v) is 8.35. The summed E-state index contributed by atoms with van der Waals surface area (Å²) in [6.45, 7) is 0. The maximum atomic E-state index is 12.0. The number of amides is 1. The highest BCUT2D eigenvalue weighted by molar-refractivity contribution is 7.99. The predicted molar refractivity (Wildman–Crippen MR) is 95.8 cm³/mol. The fourth-order valence-electron chi connectivity index (χ4n) is 1.85. The molecule has 0 aliphatic heterocycles. The van der Waals surface area contributed by atoms with E-state index in [1.54, 1.807) is 0 Å². The molecule has 23 heavy (non-hydrogen) atoms. The van der Waals surface area contributed by atoms with Gasteiger partial charge in [-0.25, -0.2) is 8.42 Å². The molecule has 0 fully saturated rings. The summed E-state index contributed by atoms with van der Waals surface area (Å²) in [5.74, 6) is 0.762. The Morgan fingerprint density at radius 2 is 1.87 bits per heavy atom. The summed E-state index contributed by atoms with van der Waals surface area (Å²) < 4.78 is 23.1. The summed E-state index contributed by atoms with van der Waals surface area (Å²) in [5, 5.41) is 2.96. The van der Waals surface area contributed by atoms with Gasteiger partial charge in [0.05, 0.1) is 21.4 Å². The molecule has 2 rings (SSSR count). The normalized spacial score (nSPS) is 11.2. The van der Waals surface area contributed by atoms with Crippen LogP contribution in [0.4, 0.5) is 5.69 Å². The van der Waals surface area contributed by atoms with Crippen LogP contribution in [0.1, 0.15) is 5.56 Å². The topological polar surface area (TPSA) is 63.2 Å². The van der Waals surface area contributed by atoms with Crippen LogP contribution in [0.2, 0.25) is 5.02 Å². The molecule has 1 N–H and O–H groups in total. The molecule has 2 aromatic rings. The zero-order valence-electron chi connectivity index (χ0n) is 12.5. The molecular formula is C16H16ClNO3S2. The van der Waals surface area contributed by atoms with Crippen molar-refractivity contribution in [3.8, 4) is 0 Å². The van der Waals surface area contributed by atoms with Crippen LogP contribution in [0.25, 0.3) is 0 Å². The number of anilines is 1. The first-order chi connectivity index (χ1) is 10.9. The SMILES string of the molecule is CS(=O)(=O)c1ccc(Cl)c(NC(=O)CSCc2ccccc2)c1. The van der Waals surface area contributed by atoms with Crippen molar-refractivity contribution in [1.82, 2.24) is 0 Å². The van der Waals surface area contributed by atoms with E-state index in [2.05, 4.69) is 5.32 Å². The minimum Gasteiger partial charge on any atom is -0.324 e. The van der Waals surface area contributed by atoms with Crippen LogP contribution in [0.3, 0.4) is 0 Å². The molecule has 0 bridgehead atoms. The molecule has 2 aromatic carbocycles. The molecule has 1 amide bonds. The van der Waals surface area contributed by atoms with E-state index >= 15 is 0 Å². The fraction of sp³-hybridized carbons (Fsp3) is 0.188. The standard InChI is InChI=1S/C16H16ClNO3S2/c1-23(20,21)13-7-8-14(17)15(9-13)18-16(19)11-22-10-12-5-3-2-4-6-12/h2-9H,10-11H2,1H3,(H,18,19). The lowest BCUT2D eigenvalue weighted by molar-refractivity contribution is -0.113. The Bertz CT molecular complexity index is 792. The van der Waals surface area contributed by atoms with E-state index < -0.39 is 9.84 Å². The Morgan fingerprint density at radius 3 is 2.52 bits per heavy atom. The van der Waals surface area contributed by atoms with Crippen molar-refractivity contribution >= 4 is 44.8 Å². The highest BCUT2D eigenvalue weighted by atomic mass is 35.5. The Hall–Kier alpha value is -1.50. The van der Waals surface area contributed by atoms with E-state index in [0.29, 0.717) is 10.7 Å². The van der Waals surface area contributed by atoms with E-state index in [0.717, 1.165) is 17.6 Å². The summed E-state index contributed by atoms with van der Waals surface area (Å²) in [6, 6.07) is 14.1. The van der Waals surface area contributed by atoms with Crippen LogP contribution in [0.5, 0.6) is 0 Å². The number of benzene rings is 2. The van der Waals surface area contributed by atoms with Gasteiger partial charge in [0.1, 0.15) is 0 Å². The smallest absolute Gasteiger partial charge is 0.234 e. The summed E-state index contributed by atoms with van der Waals surface area (Å²) >= 11 is 7.48. The first kappa shape index (κ1) is 17.8. The third-order valence-electron chi connectivity index (χ3n) is 2.98. The minimum atomic E-state index is -3.35. The molecule has 122 valence electrons. The average molecular weight is 370 g/mol. The van der Waals surface area contributed by atoms with Gasteiger partial charge in [-0.15, -0.1) is 11.8 Å². The molecule has 0 spiro atoms. The average Bonchev–Trinajstić information content (AvgIpc) is 2.49. The molecule has 0 aromatic heterocycles. The number of carbonyl (C=O) groups excluding carboxylic acids is 1. The first-order valence-electron chi connectivity index (χ1n) is 6.77. The van der Waals surface area contributed by atoms with Gasteiger partial charge in [-0.1, -0.05) is 41.9 Å². The maximum absolute atomic E-state index is 12.0. The third kappa shape index (κ3) is 5.57. The van der Waals surface area contributed by atoms with E-state index in [9.17, 15) is 13.2 Å². The van der Waals surface area contributed by atoms with Crippen molar-refractivity contribution in [2.75, 3.05) is 17.3 Å². The molecular weight excluding hydrogens is 354 g/mol. The van der Waals surface area contributed by atoms with E-state index in [1.807, 2.05) is 30.3 Å². The number of halogens is 1. The highest BCUT2D eigenvalue weighted by Gasteiger charge is 2.12. The van der Waals surface area contributed by atoms with Gasteiger partial charge in [0.2, 0.25) is 5.91 Å². The Labute approximate surface area is 145 Å². The van der Waals surface area contributed by atoms with Crippen molar-refractivity contribution in [3.63, 3.8) is 0 Å². The third-order valence-corrected chi connectivity index (χ3v) is 5.43. The molecule has 0 aliphatic carbocycles. The maximum Gasteiger partial charge on any atom is 0.234 e. The molecule has 7 heteroatoms. The van der Waals surface area contributed by atoms with Crippen molar-refractivity contribution in [3.05, 3.63) is 59.1 Å². The summed E-state index contributed by atoms with van der Waals surface area (Å²) in [4.78, 5) is 12.1. The Kier molecular flexibility index (Phi) is 6.10. The van der Waals surface area contributed by atoms with E-state index in [-0.39, 0.29) is 16.6 Å². The molecule has 0 atom stereocenters. The van der Waals surface area contributed by atoms with Crippen molar-refractivity contribution in [2.24, 2.45) is 0 Å². The van der Waals surface area contributed by atoms with Gasteiger partial charge in [-0.3, -0.25) is 4.79 Å². The summed E-state index contributed by atoms with van der Waals surface area (Å²) in [7, 11) is -3.35. The Balaban J connectivity index is 1.95. The number of hydrogen-bond donors (Lipinski definition) is 1. The van der Waals surface area contributed by atoms with Gasteiger partial charge in [0, 0.05) is 12.0 Å². The van der Waals surface area contributed by atoms with Crippen molar-refractivity contribution in [1.29, 1.82) is 0 Å². The lowest BCUT2D eigenvalue weighted by Crippen LogP contribution is -2.15. The zero-order chi connectivity index (χ0) is 16.9. The van der Waals surface area contributed by atoms with E-state index in [1.165, 1.54) is 30.0 Å². The van der Waals surface area contributed by atoms with Crippen LogP contribution in [-0.4, -0.2) is 26.3 Å². The number of rotatable bonds is 6. The first-order valence-corrected chi connectivity index (χ1v) is 10.2. The van der Waals surface area contributed by atoms with Crippen LogP contribution < -0.4 is 5.32 Å². The van der Waals surface area contributed by atoms with Gasteiger partial charge >= 0.3 is 0 Å². The van der Waals surface area contributed by atoms with Gasteiger partial charge in [0.15, 0.2) is 9.84 Å². The predicted octanol–water partition coefficient (Wildman–Crippen LogP) is 3.62. The van der Waals surface area contributed by atoms with Crippen LogP contribution in [0, 0.1) is 0 Å². The Morgan fingerprint density at radius 1 is 1.17 bits per heavy atom. The molecule has 0 aliphatic rings. The second kappa shape index (κ2) is 7.86. The monoisotopic (exact) mass is 369 g/mol. The summed E-state index contributed by atoms with van der Waals surface area (Å²) in [5.41, 5.74) is 1.45. The molecule has 0 saturated heterocycles. The van der Waals surface area contributed by atoms with Gasteiger partial charge in [0.25, 0.3) is 0 Å². The van der Waals surface area contributed by atoms with Crippen LogP contribution >= 0.6 is 23.4 Å². The van der Waals surface area contributed by atoms with Crippen molar-refractivity contribution < 1.29 is 13.2 Å². The molecule has 0 unspecified atom stereocenters. The van der Waals surface area contributed by atoms with Gasteiger partial charge in [-0.2, -0.15) is 0 Å². The van der Waals surface area contributed by atoms with E-state index in [4.69, 9.17) is 11.6 Å². The highest BCUT2D eigenvalue weighted by Crippen LogP contribution is 2.25. The second-order valence-electron chi connectivity index (χ2n) is 4.94. The number of sulfone groups is 1. The molecule has 0 saturated carbocycles. The molecule has 4 nitrogen and oxygen atoms in total. The zero-order valence-corrected chi connectivity index (χ0v) is 14.8. The lowest BCUT2D eigenvalue weighted by Gasteiger charge is -2.09.